The lowest BCUT2D eigenvalue weighted by atomic mass is 10.1. The van der Waals surface area contributed by atoms with Gasteiger partial charge in [0.05, 0.1) is 20.6 Å². The topological polar surface area (TPSA) is 89.9 Å². The number of aliphatic carboxylic acids is 1. The Bertz CT molecular complexity index is 561. The summed E-state index contributed by atoms with van der Waals surface area (Å²) in [6, 6.07) is 2.72. The van der Waals surface area contributed by atoms with E-state index in [2.05, 4.69) is 0 Å². The van der Waals surface area contributed by atoms with Crippen LogP contribution in [-0.2, 0) is 21.1 Å². The van der Waals surface area contributed by atoms with Crippen LogP contribution < -0.4 is 9.47 Å². The van der Waals surface area contributed by atoms with E-state index in [1.165, 1.54) is 26.4 Å². The maximum absolute atomic E-state index is 11.6. The van der Waals surface area contributed by atoms with Crippen molar-refractivity contribution in [2.75, 3.05) is 20.5 Å². The Morgan fingerprint density at radius 1 is 1.22 bits per heavy atom. The Morgan fingerprint density at radius 3 is 2.17 bits per heavy atom. The van der Waals surface area contributed by atoms with E-state index in [1.807, 2.05) is 0 Å². The monoisotopic (exact) mass is 274 g/mol. The highest BCUT2D eigenvalue weighted by atomic mass is 32.2. The number of rotatable bonds is 5. The maximum Gasteiger partial charge on any atom is 0.307 e. The normalized spacial score (nSPS) is 11.1. The third kappa shape index (κ3) is 2.92. The molecule has 0 spiro atoms. The van der Waals surface area contributed by atoms with Crippen LogP contribution in [0.2, 0.25) is 0 Å². The molecule has 0 aromatic heterocycles. The third-order valence-electron chi connectivity index (χ3n) is 2.31. The number of methoxy groups -OCH3 is 2. The molecule has 0 saturated carbocycles. The second-order valence-corrected chi connectivity index (χ2v) is 5.62. The predicted octanol–water partition coefficient (Wildman–Crippen LogP) is 0.734. The van der Waals surface area contributed by atoms with Gasteiger partial charge in [0.1, 0.15) is 4.90 Å². The maximum atomic E-state index is 11.6. The molecule has 0 amide bonds. The molecule has 0 unspecified atom stereocenters. The molecule has 0 bridgehead atoms. The van der Waals surface area contributed by atoms with Gasteiger partial charge in [-0.3, -0.25) is 4.79 Å². The van der Waals surface area contributed by atoms with Crippen molar-refractivity contribution >= 4 is 15.8 Å². The Hall–Kier alpha value is -1.76. The van der Waals surface area contributed by atoms with E-state index in [4.69, 9.17) is 14.6 Å². The van der Waals surface area contributed by atoms with Crippen molar-refractivity contribution in [2.24, 2.45) is 0 Å². The summed E-state index contributed by atoms with van der Waals surface area (Å²) < 4.78 is 33.2. The van der Waals surface area contributed by atoms with Crippen LogP contribution in [0.1, 0.15) is 5.56 Å². The summed E-state index contributed by atoms with van der Waals surface area (Å²) in [4.78, 5) is 10.7. The van der Waals surface area contributed by atoms with Crippen molar-refractivity contribution in [1.82, 2.24) is 0 Å². The van der Waals surface area contributed by atoms with Gasteiger partial charge in [0.2, 0.25) is 0 Å². The number of carbonyl (C=O) groups is 1. The Balaban J connectivity index is 3.51. The Kier molecular flexibility index (Phi) is 4.18. The summed E-state index contributed by atoms with van der Waals surface area (Å²) in [6.45, 7) is 0. The van der Waals surface area contributed by atoms with Crippen LogP contribution in [-0.4, -0.2) is 40.0 Å². The lowest BCUT2D eigenvalue weighted by molar-refractivity contribution is -0.136. The average Bonchev–Trinajstić information content (AvgIpc) is 2.25. The summed E-state index contributed by atoms with van der Waals surface area (Å²) in [5.74, 6) is -0.885. The molecule has 18 heavy (non-hydrogen) atoms. The lowest BCUT2D eigenvalue weighted by Gasteiger charge is -2.14. The van der Waals surface area contributed by atoms with Crippen LogP contribution >= 0.6 is 0 Å². The minimum absolute atomic E-state index is 0.0266. The van der Waals surface area contributed by atoms with Crippen LogP contribution in [0.4, 0.5) is 0 Å². The van der Waals surface area contributed by atoms with Gasteiger partial charge in [-0.15, -0.1) is 0 Å². The number of benzene rings is 1. The molecule has 6 nitrogen and oxygen atoms in total. The number of carboxylic acid groups (broad SMARTS) is 1. The largest absolute Gasteiger partial charge is 0.493 e. The second kappa shape index (κ2) is 5.26. The molecule has 0 heterocycles. The summed E-state index contributed by atoms with van der Waals surface area (Å²) >= 11 is 0. The third-order valence-corrected chi connectivity index (χ3v) is 3.43. The van der Waals surface area contributed by atoms with Crippen LogP contribution in [0.5, 0.6) is 11.5 Å². The van der Waals surface area contributed by atoms with Gasteiger partial charge in [0.25, 0.3) is 0 Å². The highest BCUT2D eigenvalue weighted by Gasteiger charge is 2.22. The van der Waals surface area contributed by atoms with Crippen LogP contribution in [0.3, 0.4) is 0 Å². The Morgan fingerprint density at radius 2 is 1.78 bits per heavy atom. The van der Waals surface area contributed by atoms with Crippen LogP contribution in [0, 0.1) is 0 Å². The predicted molar refractivity (Wildman–Crippen MR) is 64.0 cm³/mol. The molecule has 0 aliphatic rings. The smallest absolute Gasteiger partial charge is 0.307 e. The molecular weight excluding hydrogens is 260 g/mol. The van der Waals surface area contributed by atoms with E-state index in [9.17, 15) is 13.2 Å². The zero-order valence-electron chi connectivity index (χ0n) is 10.3. The van der Waals surface area contributed by atoms with Crippen molar-refractivity contribution in [2.45, 2.75) is 11.3 Å². The number of carboxylic acids is 1. The molecule has 0 aliphatic carbocycles. The van der Waals surface area contributed by atoms with Gasteiger partial charge in [0, 0.05) is 11.8 Å². The van der Waals surface area contributed by atoms with E-state index in [1.54, 1.807) is 0 Å². The summed E-state index contributed by atoms with van der Waals surface area (Å²) in [7, 11) is -0.845. The van der Waals surface area contributed by atoms with E-state index in [0.717, 1.165) is 6.26 Å². The molecule has 0 fully saturated rings. The minimum atomic E-state index is -3.48. The van der Waals surface area contributed by atoms with Gasteiger partial charge >= 0.3 is 5.97 Å². The first-order valence-electron chi connectivity index (χ1n) is 4.97. The fraction of sp³-hybridized carbons (Fsp3) is 0.364. The number of ether oxygens (including phenoxy) is 2. The van der Waals surface area contributed by atoms with E-state index in [-0.39, 0.29) is 22.8 Å². The first-order chi connectivity index (χ1) is 8.31. The average molecular weight is 274 g/mol. The minimum Gasteiger partial charge on any atom is -0.493 e. The molecular formula is C11H14O6S. The van der Waals surface area contributed by atoms with Crippen LogP contribution in [0.15, 0.2) is 17.0 Å². The van der Waals surface area contributed by atoms with Crippen molar-refractivity contribution < 1.29 is 27.8 Å². The molecule has 1 aromatic rings. The van der Waals surface area contributed by atoms with Crippen molar-refractivity contribution in [3.05, 3.63) is 17.7 Å². The Labute approximate surface area is 105 Å². The highest BCUT2D eigenvalue weighted by Crippen LogP contribution is 2.37. The fourth-order valence-corrected chi connectivity index (χ4v) is 2.42. The van der Waals surface area contributed by atoms with Gasteiger partial charge in [-0.2, -0.15) is 0 Å². The zero-order chi connectivity index (χ0) is 13.9. The lowest BCUT2D eigenvalue weighted by Crippen LogP contribution is -2.07. The SMILES string of the molecule is COc1c(CC(=O)O)ccc(S(C)(=O)=O)c1OC. The first kappa shape index (κ1) is 14.3. The molecule has 0 saturated heterocycles. The van der Waals surface area contributed by atoms with E-state index < -0.39 is 15.8 Å². The zero-order valence-corrected chi connectivity index (χ0v) is 11.1. The molecule has 0 atom stereocenters. The molecule has 7 heteroatoms. The molecule has 1 aromatic carbocycles. The van der Waals surface area contributed by atoms with E-state index >= 15 is 0 Å². The molecule has 1 N–H and O–H groups in total. The quantitative estimate of drug-likeness (QED) is 0.851. The fourth-order valence-electron chi connectivity index (χ4n) is 1.60. The summed E-state index contributed by atoms with van der Waals surface area (Å²) in [5, 5.41) is 8.77. The molecule has 0 radical (unpaired) electrons. The van der Waals surface area contributed by atoms with Crippen molar-refractivity contribution in [3.8, 4) is 11.5 Å². The number of hydrogen-bond donors (Lipinski definition) is 1. The van der Waals surface area contributed by atoms with E-state index in [0.29, 0.717) is 5.56 Å². The summed E-state index contributed by atoms with van der Waals surface area (Å²) in [5.41, 5.74) is 0.356. The standard InChI is InChI=1S/C11H14O6S/c1-16-10-7(6-9(12)13)4-5-8(11(10)17-2)18(3,14)15/h4-5H,6H2,1-3H3,(H,12,13). The molecule has 0 aliphatic heterocycles. The first-order valence-corrected chi connectivity index (χ1v) is 6.86. The van der Waals surface area contributed by atoms with Crippen molar-refractivity contribution in [1.29, 1.82) is 0 Å². The number of hydrogen-bond acceptors (Lipinski definition) is 5. The summed E-state index contributed by atoms with van der Waals surface area (Å²) in [6.07, 6.45) is 0.769. The van der Waals surface area contributed by atoms with Gasteiger partial charge < -0.3 is 14.6 Å². The van der Waals surface area contributed by atoms with Crippen molar-refractivity contribution in [3.63, 3.8) is 0 Å². The second-order valence-electron chi connectivity index (χ2n) is 3.63. The number of sulfone groups is 1. The molecule has 100 valence electrons. The van der Waals surface area contributed by atoms with Gasteiger partial charge in [0.15, 0.2) is 21.3 Å². The highest BCUT2D eigenvalue weighted by molar-refractivity contribution is 7.90. The molecule has 1 rings (SSSR count). The van der Waals surface area contributed by atoms with Gasteiger partial charge in [-0.1, -0.05) is 6.07 Å². The van der Waals surface area contributed by atoms with Gasteiger partial charge in [-0.25, -0.2) is 8.42 Å². The van der Waals surface area contributed by atoms with Gasteiger partial charge in [-0.05, 0) is 6.07 Å². The van der Waals surface area contributed by atoms with Crippen LogP contribution in [0.25, 0.3) is 0 Å².